The van der Waals surface area contributed by atoms with E-state index in [9.17, 15) is 4.79 Å². The number of rotatable bonds is 17. The van der Waals surface area contributed by atoms with Crippen molar-refractivity contribution in [3.8, 4) is 0 Å². The van der Waals surface area contributed by atoms with Crippen molar-refractivity contribution >= 4 is 5.97 Å². The highest BCUT2D eigenvalue weighted by molar-refractivity contribution is 5.66. The lowest BCUT2D eigenvalue weighted by atomic mass is 10.1. The van der Waals surface area contributed by atoms with Gasteiger partial charge in [0.25, 0.3) is 0 Å². The molecule has 0 heterocycles. The van der Waals surface area contributed by atoms with Crippen LogP contribution in [-0.2, 0) is 14.3 Å². The molecule has 4 nitrogen and oxygen atoms in total. The molecule has 0 aliphatic heterocycles. The largest absolute Gasteiger partial charge is 0.481 e. The third-order valence-electron chi connectivity index (χ3n) is 8.71. The Bertz CT molecular complexity index is 523. The molecule has 4 heteroatoms. The number of carboxylic acids is 1. The normalized spacial score (nSPS) is 39.5. The molecule has 0 spiro atoms. The van der Waals surface area contributed by atoms with Gasteiger partial charge in [-0.05, 0) is 98.7 Å². The maximum atomic E-state index is 11.0. The molecule has 30 heavy (non-hydrogen) atoms. The van der Waals surface area contributed by atoms with Crippen molar-refractivity contribution < 1.29 is 19.4 Å². The van der Waals surface area contributed by atoms with Gasteiger partial charge in [0.1, 0.15) is 0 Å². The van der Waals surface area contributed by atoms with Gasteiger partial charge in [-0.1, -0.05) is 26.7 Å². The highest BCUT2D eigenvalue weighted by atomic mass is 16.7. The van der Waals surface area contributed by atoms with Gasteiger partial charge in [-0.2, -0.15) is 0 Å². The van der Waals surface area contributed by atoms with E-state index in [4.69, 9.17) is 14.6 Å². The summed E-state index contributed by atoms with van der Waals surface area (Å²) in [6.07, 6.45) is 13.8. The molecule has 4 fully saturated rings. The van der Waals surface area contributed by atoms with Gasteiger partial charge in [0.05, 0.1) is 19.6 Å². The van der Waals surface area contributed by atoms with Gasteiger partial charge < -0.3 is 14.6 Å². The third kappa shape index (κ3) is 6.95. The number of ether oxygens (including phenoxy) is 2. The van der Waals surface area contributed by atoms with E-state index in [2.05, 4.69) is 13.8 Å². The molecule has 0 amide bonds. The zero-order valence-corrected chi connectivity index (χ0v) is 19.3. The summed E-state index contributed by atoms with van der Waals surface area (Å²) in [5, 5.41) is 9.03. The molecule has 1 N–H and O–H groups in total. The summed E-state index contributed by atoms with van der Waals surface area (Å²) in [5.41, 5.74) is 0. The maximum Gasteiger partial charge on any atom is 0.303 e. The van der Waals surface area contributed by atoms with Crippen LogP contribution in [0.1, 0.15) is 90.9 Å². The van der Waals surface area contributed by atoms with Gasteiger partial charge >= 0.3 is 5.97 Å². The van der Waals surface area contributed by atoms with Crippen LogP contribution in [0.4, 0.5) is 0 Å². The Morgan fingerprint density at radius 3 is 1.60 bits per heavy atom. The zero-order chi connectivity index (χ0) is 21.1. The van der Waals surface area contributed by atoms with Crippen molar-refractivity contribution in [1.29, 1.82) is 0 Å². The third-order valence-corrected chi connectivity index (χ3v) is 8.71. The first-order valence-electron chi connectivity index (χ1n) is 13.0. The van der Waals surface area contributed by atoms with E-state index in [1.54, 1.807) is 0 Å². The zero-order valence-electron chi connectivity index (χ0n) is 19.3. The summed E-state index contributed by atoms with van der Waals surface area (Å²) in [6.45, 7) is 6.08. The molecule has 8 atom stereocenters. The van der Waals surface area contributed by atoms with Crippen LogP contribution in [0.3, 0.4) is 0 Å². The fraction of sp³-hybridized carbons (Fsp3) is 0.962. The SMILES string of the molecule is CCC1CC1CC1CC1CCOC(CCC(=O)O)OCCC1CC1CC1CC1CC. The summed E-state index contributed by atoms with van der Waals surface area (Å²) in [6, 6.07) is 0. The summed E-state index contributed by atoms with van der Waals surface area (Å²) >= 11 is 0. The number of hydrogen-bond acceptors (Lipinski definition) is 3. The van der Waals surface area contributed by atoms with Crippen molar-refractivity contribution in [1.82, 2.24) is 0 Å². The van der Waals surface area contributed by atoms with E-state index >= 15 is 0 Å². The molecule has 0 aromatic heterocycles. The first kappa shape index (κ1) is 22.6. The molecule has 0 saturated heterocycles. The van der Waals surface area contributed by atoms with Gasteiger partial charge in [0, 0.05) is 6.42 Å². The number of carbonyl (C=O) groups is 1. The molecular formula is C26H44O4. The maximum absolute atomic E-state index is 11.0. The highest BCUT2D eigenvalue weighted by Crippen LogP contribution is 2.54. The van der Waals surface area contributed by atoms with Crippen LogP contribution in [0, 0.1) is 47.3 Å². The van der Waals surface area contributed by atoms with E-state index in [1.807, 2.05) is 0 Å². The van der Waals surface area contributed by atoms with Crippen molar-refractivity contribution in [2.75, 3.05) is 13.2 Å². The summed E-state index contributed by atoms with van der Waals surface area (Å²) in [4.78, 5) is 11.0. The van der Waals surface area contributed by atoms with Crippen LogP contribution in [0.15, 0.2) is 0 Å². The van der Waals surface area contributed by atoms with Crippen LogP contribution >= 0.6 is 0 Å². The Labute approximate surface area is 183 Å². The van der Waals surface area contributed by atoms with Gasteiger partial charge in [-0.3, -0.25) is 4.79 Å². The molecule has 0 aromatic carbocycles. The molecule has 172 valence electrons. The van der Waals surface area contributed by atoms with Gasteiger partial charge in [0.15, 0.2) is 6.29 Å². The van der Waals surface area contributed by atoms with Crippen LogP contribution in [0.25, 0.3) is 0 Å². The molecule has 0 bridgehead atoms. The summed E-state index contributed by atoms with van der Waals surface area (Å²) in [7, 11) is 0. The second kappa shape index (κ2) is 10.3. The van der Waals surface area contributed by atoms with E-state index in [-0.39, 0.29) is 12.7 Å². The predicted octanol–water partition coefficient (Wildman–Crippen LogP) is 6.14. The second-order valence-electron chi connectivity index (χ2n) is 11.0. The van der Waals surface area contributed by atoms with Crippen molar-refractivity contribution in [2.24, 2.45) is 47.3 Å². The Balaban J connectivity index is 1.06. The van der Waals surface area contributed by atoms with Crippen molar-refractivity contribution in [3.05, 3.63) is 0 Å². The minimum absolute atomic E-state index is 0.128. The molecule has 4 saturated carbocycles. The average Bonchev–Trinajstić information content (AvgIpc) is 3.54. The lowest BCUT2D eigenvalue weighted by Gasteiger charge is -2.18. The van der Waals surface area contributed by atoms with E-state index in [1.165, 1.54) is 51.4 Å². The van der Waals surface area contributed by atoms with Crippen LogP contribution < -0.4 is 0 Å². The van der Waals surface area contributed by atoms with Crippen LogP contribution in [0.5, 0.6) is 0 Å². The molecule has 8 unspecified atom stereocenters. The highest BCUT2D eigenvalue weighted by Gasteiger charge is 2.45. The van der Waals surface area contributed by atoms with E-state index < -0.39 is 5.97 Å². The van der Waals surface area contributed by atoms with Gasteiger partial charge in [-0.25, -0.2) is 0 Å². The first-order chi connectivity index (χ1) is 14.6. The average molecular weight is 421 g/mol. The Kier molecular flexibility index (Phi) is 7.78. The molecule has 4 aliphatic rings. The van der Waals surface area contributed by atoms with Gasteiger partial charge in [0.2, 0.25) is 0 Å². The predicted molar refractivity (Wildman–Crippen MR) is 118 cm³/mol. The fourth-order valence-corrected chi connectivity index (χ4v) is 6.04. The molecule has 4 rings (SSSR count). The summed E-state index contributed by atoms with van der Waals surface area (Å²) < 4.78 is 12.0. The smallest absolute Gasteiger partial charge is 0.303 e. The minimum atomic E-state index is -0.762. The number of aliphatic carboxylic acids is 1. The van der Waals surface area contributed by atoms with Gasteiger partial charge in [-0.15, -0.1) is 0 Å². The lowest BCUT2D eigenvalue weighted by Crippen LogP contribution is -2.20. The Hall–Kier alpha value is -0.610. The standard InChI is InChI=1S/C26H44O4/c1-3-17-11-21(17)15-23-13-19(23)7-9-29-26(6-5-25(27)28)30-10-8-20-14-24(20)16-22-12-18(22)4-2/h17-24,26H,3-16H2,1-2H3,(H,27,28). The number of hydrogen-bond donors (Lipinski definition) is 1. The quantitative estimate of drug-likeness (QED) is 0.287. The molecule has 0 radical (unpaired) electrons. The Morgan fingerprint density at radius 2 is 1.20 bits per heavy atom. The van der Waals surface area contributed by atoms with Crippen molar-refractivity contribution in [2.45, 2.75) is 97.2 Å². The van der Waals surface area contributed by atoms with E-state index in [0.29, 0.717) is 6.42 Å². The van der Waals surface area contributed by atoms with Crippen molar-refractivity contribution in [3.63, 3.8) is 0 Å². The second-order valence-corrected chi connectivity index (χ2v) is 11.0. The molecule has 0 aromatic rings. The summed E-state index contributed by atoms with van der Waals surface area (Å²) in [5.74, 6) is 6.82. The number of carboxylic acid groups (broad SMARTS) is 1. The van der Waals surface area contributed by atoms with Crippen LogP contribution in [-0.4, -0.2) is 30.6 Å². The van der Waals surface area contributed by atoms with Crippen LogP contribution in [0.2, 0.25) is 0 Å². The lowest BCUT2D eigenvalue weighted by molar-refractivity contribution is -0.157. The monoisotopic (exact) mass is 420 g/mol. The molecular weight excluding hydrogens is 376 g/mol. The topological polar surface area (TPSA) is 55.8 Å². The Morgan fingerprint density at radius 1 is 0.767 bits per heavy atom. The fourth-order valence-electron chi connectivity index (χ4n) is 6.04. The molecule has 4 aliphatic carbocycles. The van der Waals surface area contributed by atoms with E-state index in [0.717, 1.165) is 73.4 Å². The first-order valence-corrected chi connectivity index (χ1v) is 13.0. The minimum Gasteiger partial charge on any atom is -0.481 e.